The van der Waals surface area contributed by atoms with Crippen molar-refractivity contribution in [3.8, 4) is 0 Å². The molecule has 0 aromatic rings. The van der Waals surface area contributed by atoms with Crippen LogP contribution < -0.4 is 0 Å². The van der Waals surface area contributed by atoms with Crippen molar-refractivity contribution in [2.45, 2.75) is 418 Å². The molecule has 0 saturated carbocycles. The van der Waals surface area contributed by atoms with Gasteiger partial charge in [-0.3, -0.25) is 9.59 Å². The average molecular weight is 1150 g/mol. The first-order valence-corrected chi connectivity index (χ1v) is 37.2. The smallest absolute Gasteiger partial charge is 0.306 e. The van der Waals surface area contributed by atoms with Crippen molar-refractivity contribution in [1.29, 1.82) is 0 Å². The number of aliphatic hydroxyl groups is 1. The number of carbonyl (C=O) groups is 2. The number of rotatable bonds is 70. The monoisotopic (exact) mass is 1150 g/mol. The Morgan fingerprint density at radius 1 is 0.293 bits per heavy atom. The van der Waals surface area contributed by atoms with E-state index in [1.54, 1.807) is 0 Å². The van der Waals surface area contributed by atoms with Crippen LogP contribution in [0.1, 0.15) is 412 Å². The van der Waals surface area contributed by atoms with E-state index in [0.29, 0.717) is 12.8 Å². The molecule has 0 aromatic heterocycles. The number of ether oxygens (including phenoxy) is 2. The van der Waals surface area contributed by atoms with Crippen LogP contribution in [-0.4, -0.2) is 36.4 Å². The third-order valence-corrected chi connectivity index (χ3v) is 17.1. The minimum atomic E-state index is -0.771. The largest absolute Gasteiger partial charge is 0.462 e. The van der Waals surface area contributed by atoms with Crippen LogP contribution in [0.3, 0.4) is 0 Å². The number of esters is 2. The van der Waals surface area contributed by atoms with E-state index in [1.807, 2.05) is 0 Å². The molecule has 0 saturated heterocycles. The van der Waals surface area contributed by atoms with Gasteiger partial charge in [-0.1, -0.05) is 396 Å². The first-order valence-electron chi connectivity index (χ1n) is 37.2. The second kappa shape index (κ2) is 73.1. The fourth-order valence-corrected chi connectivity index (χ4v) is 11.6. The van der Waals surface area contributed by atoms with Crippen LogP contribution in [0.5, 0.6) is 0 Å². The predicted molar refractivity (Wildman–Crippen MR) is 362 cm³/mol. The molecule has 0 rings (SSSR count). The zero-order valence-corrected chi connectivity index (χ0v) is 55.5. The Kier molecular flexibility index (Phi) is 71.2. The summed E-state index contributed by atoms with van der Waals surface area (Å²) in [4.78, 5) is 24.7. The lowest BCUT2D eigenvalue weighted by molar-refractivity contribution is -0.161. The van der Waals surface area contributed by atoms with Gasteiger partial charge in [-0.15, -0.1) is 0 Å². The molecule has 1 N–H and O–H groups in total. The number of aliphatic hydroxyl groups excluding tert-OH is 1. The van der Waals surface area contributed by atoms with Crippen molar-refractivity contribution in [3.63, 3.8) is 0 Å². The summed E-state index contributed by atoms with van der Waals surface area (Å²) in [6.45, 7) is 4.10. The maximum absolute atomic E-state index is 12.4. The fraction of sp³-hybridized carbons (Fsp3) is 0.870. The molecule has 0 spiro atoms. The van der Waals surface area contributed by atoms with Crippen LogP contribution >= 0.6 is 0 Å². The van der Waals surface area contributed by atoms with Gasteiger partial charge in [0.05, 0.1) is 6.61 Å². The summed E-state index contributed by atoms with van der Waals surface area (Å²) in [5.41, 5.74) is 0. The van der Waals surface area contributed by atoms with E-state index in [-0.39, 0.29) is 25.2 Å². The molecule has 5 nitrogen and oxygen atoms in total. The first-order chi connectivity index (χ1) is 40.6. The van der Waals surface area contributed by atoms with E-state index in [4.69, 9.17) is 9.47 Å². The highest BCUT2D eigenvalue weighted by Crippen LogP contribution is 2.20. The lowest BCUT2D eigenvalue weighted by atomic mass is 10.0. The normalized spacial score (nSPS) is 12.4. The van der Waals surface area contributed by atoms with Gasteiger partial charge >= 0.3 is 11.9 Å². The first kappa shape index (κ1) is 79.9. The Morgan fingerprint density at radius 3 is 0.793 bits per heavy atom. The Balaban J connectivity index is 3.37. The maximum atomic E-state index is 12.4. The average Bonchev–Trinajstić information content (AvgIpc) is 3.49. The van der Waals surface area contributed by atoms with Gasteiger partial charge in [0.15, 0.2) is 6.10 Å². The number of carbonyl (C=O) groups excluding carboxylic acids is 2. The maximum Gasteiger partial charge on any atom is 0.306 e. The zero-order valence-electron chi connectivity index (χ0n) is 55.5. The summed E-state index contributed by atoms with van der Waals surface area (Å²) in [6.07, 6.45) is 99.0. The van der Waals surface area contributed by atoms with Gasteiger partial charge < -0.3 is 14.6 Å². The standard InChI is InChI=1S/C77H144O5/c1-3-5-7-9-11-13-15-17-19-21-23-25-27-29-31-33-35-36-37-38-39-40-42-43-45-47-49-51-53-55-57-59-61-63-65-67-69-71-76(79)81-74-75(73-78)82-77(80)72-70-68-66-64-62-60-58-56-54-52-50-48-46-44-41-34-32-30-28-26-24-22-20-18-16-14-12-10-8-6-4-2/h6,8,12,14,18,20,24,26,75,78H,3-5,7,9-11,13,15-17,19,21-23,25,27-74H2,1-2H3/b8-6-,14-12-,20-18-,26-24-. The van der Waals surface area contributed by atoms with E-state index >= 15 is 0 Å². The number of unbranched alkanes of at least 4 members (excludes halogenated alkanes) is 54. The molecular formula is C77H144O5. The molecule has 0 bridgehead atoms. The lowest BCUT2D eigenvalue weighted by Gasteiger charge is -2.15. The second-order valence-electron chi connectivity index (χ2n) is 25.4. The van der Waals surface area contributed by atoms with Gasteiger partial charge in [0, 0.05) is 12.8 Å². The molecule has 0 aliphatic heterocycles. The van der Waals surface area contributed by atoms with Gasteiger partial charge in [-0.25, -0.2) is 0 Å². The lowest BCUT2D eigenvalue weighted by Crippen LogP contribution is -2.28. The van der Waals surface area contributed by atoms with Gasteiger partial charge in [-0.2, -0.15) is 0 Å². The van der Waals surface area contributed by atoms with E-state index < -0.39 is 6.10 Å². The Bertz CT molecular complexity index is 1350. The van der Waals surface area contributed by atoms with Gasteiger partial charge in [0.1, 0.15) is 6.61 Å². The summed E-state index contributed by atoms with van der Waals surface area (Å²) in [7, 11) is 0. The molecule has 1 atom stereocenters. The Morgan fingerprint density at radius 2 is 0.524 bits per heavy atom. The second-order valence-corrected chi connectivity index (χ2v) is 25.4. The molecule has 0 radical (unpaired) electrons. The quantitative estimate of drug-likeness (QED) is 0.0373. The highest BCUT2D eigenvalue weighted by atomic mass is 16.6. The molecule has 0 aliphatic carbocycles. The van der Waals surface area contributed by atoms with Crippen molar-refractivity contribution < 1.29 is 24.2 Å². The van der Waals surface area contributed by atoms with Crippen LogP contribution in [0.15, 0.2) is 48.6 Å². The molecule has 0 aliphatic rings. The SMILES string of the molecule is CC/C=C\C/C=C\C/C=C\C/C=C\CCCCCCCCCCCCCCCCCCCCC(=O)OC(CO)COC(=O)CCCCCCCCCCCCCCCCCCCCCCCCCCCCCCCCCCCCCCC. The van der Waals surface area contributed by atoms with Crippen LogP contribution in [0.4, 0.5) is 0 Å². The third-order valence-electron chi connectivity index (χ3n) is 17.1. The number of hydrogen-bond donors (Lipinski definition) is 1. The number of hydrogen-bond acceptors (Lipinski definition) is 5. The molecule has 0 aromatic carbocycles. The van der Waals surface area contributed by atoms with Gasteiger partial charge in [-0.05, 0) is 51.4 Å². The minimum absolute atomic E-state index is 0.0598. The van der Waals surface area contributed by atoms with Crippen LogP contribution in [0, 0.1) is 0 Å². The molecule has 0 heterocycles. The van der Waals surface area contributed by atoms with Crippen LogP contribution in [-0.2, 0) is 19.1 Å². The van der Waals surface area contributed by atoms with E-state index in [9.17, 15) is 14.7 Å². The topological polar surface area (TPSA) is 72.8 Å². The predicted octanol–water partition coefficient (Wildman–Crippen LogP) is 25.9. The van der Waals surface area contributed by atoms with Crippen LogP contribution in [0.2, 0.25) is 0 Å². The van der Waals surface area contributed by atoms with E-state index in [1.165, 1.54) is 327 Å². The molecule has 482 valence electrons. The molecule has 1 unspecified atom stereocenters. The highest BCUT2D eigenvalue weighted by Gasteiger charge is 2.16. The van der Waals surface area contributed by atoms with E-state index in [2.05, 4.69) is 62.5 Å². The van der Waals surface area contributed by atoms with Crippen molar-refractivity contribution in [3.05, 3.63) is 48.6 Å². The highest BCUT2D eigenvalue weighted by molar-refractivity contribution is 5.70. The summed E-state index contributed by atoms with van der Waals surface area (Å²) < 4.78 is 10.8. The van der Waals surface area contributed by atoms with Crippen molar-refractivity contribution in [2.24, 2.45) is 0 Å². The van der Waals surface area contributed by atoms with Crippen LogP contribution in [0.25, 0.3) is 0 Å². The molecule has 82 heavy (non-hydrogen) atoms. The molecule has 5 heteroatoms. The molecular weight excluding hydrogens is 1000 g/mol. The minimum Gasteiger partial charge on any atom is -0.462 e. The number of allylic oxidation sites excluding steroid dienone is 8. The van der Waals surface area contributed by atoms with Crippen molar-refractivity contribution in [2.75, 3.05) is 13.2 Å². The summed E-state index contributed by atoms with van der Waals surface area (Å²) in [5.74, 6) is -0.566. The Hall–Kier alpha value is -2.14. The Labute approximate surface area is 513 Å². The van der Waals surface area contributed by atoms with E-state index in [0.717, 1.165) is 57.8 Å². The third kappa shape index (κ3) is 70.3. The summed E-state index contributed by atoms with van der Waals surface area (Å²) >= 11 is 0. The molecule has 0 amide bonds. The van der Waals surface area contributed by atoms with Gasteiger partial charge in [0.2, 0.25) is 0 Å². The zero-order chi connectivity index (χ0) is 59.1. The van der Waals surface area contributed by atoms with Crippen molar-refractivity contribution >= 4 is 11.9 Å². The summed E-state index contributed by atoms with van der Waals surface area (Å²) in [5, 5.41) is 9.71. The van der Waals surface area contributed by atoms with Crippen molar-refractivity contribution in [1.82, 2.24) is 0 Å². The summed E-state index contributed by atoms with van der Waals surface area (Å²) in [6, 6.07) is 0. The fourth-order valence-electron chi connectivity index (χ4n) is 11.6. The van der Waals surface area contributed by atoms with Gasteiger partial charge in [0.25, 0.3) is 0 Å². The molecule has 0 fully saturated rings.